The molecule has 0 saturated heterocycles. The van der Waals surface area contributed by atoms with Crippen LogP contribution in [0.2, 0.25) is 0 Å². The van der Waals surface area contributed by atoms with Crippen LogP contribution in [-0.2, 0) is 17.6 Å². The molecule has 3 rings (SSSR count). The van der Waals surface area contributed by atoms with Crippen molar-refractivity contribution in [1.29, 1.82) is 0 Å². The van der Waals surface area contributed by atoms with E-state index in [1.807, 2.05) is 18.2 Å². The molecule has 7 heteroatoms. The Kier molecular flexibility index (Phi) is 8.33. The van der Waals surface area contributed by atoms with Crippen molar-refractivity contribution in [3.63, 3.8) is 0 Å². The number of unbranched alkanes of at least 4 members (excludes halogenated alkanes) is 2. The molecule has 1 aromatic carbocycles. The summed E-state index contributed by atoms with van der Waals surface area (Å²) in [7, 11) is 1.60. The first kappa shape index (κ1) is 23.9. The van der Waals surface area contributed by atoms with Gasteiger partial charge in [0, 0.05) is 11.0 Å². The predicted molar refractivity (Wildman–Crippen MR) is 130 cm³/mol. The monoisotopic (exact) mass is 456 g/mol. The maximum Gasteiger partial charge on any atom is 0.251 e. The van der Waals surface area contributed by atoms with Crippen molar-refractivity contribution < 1.29 is 19.1 Å². The Labute approximate surface area is 193 Å². The number of fused-ring (bicyclic) bond motifs is 1. The Balaban J connectivity index is 1.69. The third-order valence-corrected chi connectivity index (χ3v) is 6.78. The summed E-state index contributed by atoms with van der Waals surface area (Å²) in [6.07, 6.45) is 9.18. The van der Waals surface area contributed by atoms with Crippen LogP contribution in [0.25, 0.3) is 6.08 Å². The lowest BCUT2D eigenvalue weighted by molar-refractivity contribution is -0.111. The number of methoxy groups -OCH3 is 1. The SMILES string of the molecule is CCCCCOc1ccc(C=CC(=O)Nc2sc3c(c2C(N)=O)CCC(C)C3)cc1OC. The van der Waals surface area contributed by atoms with Crippen LogP contribution in [0.3, 0.4) is 0 Å². The van der Waals surface area contributed by atoms with Gasteiger partial charge in [-0.25, -0.2) is 0 Å². The first-order valence-electron chi connectivity index (χ1n) is 11.2. The van der Waals surface area contributed by atoms with Crippen LogP contribution in [0.5, 0.6) is 11.5 Å². The second kappa shape index (κ2) is 11.2. The van der Waals surface area contributed by atoms with E-state index < -0.39 is 5.91 Å². The molecule has 1 atom stereocenters. The number of benzene rings is 1. The number of carbonyl (C=O) groups excluding carboxylic acids is 2. The summed E-state index contributed by atoms with van der Waals surface area (Å²) in [5.74, 6) is 1.09. The molecule has 2 aromatic rings. The van der Waals surface area contributed by atoms with E-state index in [0.29, 0.717) is 34.6 Å². The quantitative estimate of drug-likeness (QED) is 0.380. The number of amides is 2. The van der Waals surface area contributed by atoms with Crippen molar-refractivity contribution in [2.24, 2.45) is 11.7 Å². The molecule has 1 aliphatic carbocycles. The van der Waals surface area contributed by atoms with Crippen LogP contribution in [0.1, 0.15) is 65.9 Å². The van der Waals surface area contributed by atoms with Gasteiger partial charge in [0.2, 0.25) is 5.91 Å². The normalized spacial score (nSPS) is 15.4. The van der Waals surface area contributed by atoms with Gasteiger partial charge in [-0.1, -0.05) is 32.8 Å². The smallest absolute Gasteiger partial charge is 0.251 e. The van der Waals surface area contributed by atoms with E-state index in [1.54, 1.807) is 13.2 Å². The molecule has 6 nitrogen and oxygen atoms in total. The molecule has 32 heavy (non-hydrogen) atoms. The molecule has 0 saturated carbocycles. The molecule has 172 valence electrons. The number of nitrogens with two attached hydrogens (primary N) is 1. The molecule has 0 aliphatic heterocycles. The molecule has 1 aliphatic rings. The van der Waals surface area contributed by atoms with E-state index in [-0.39, 0.29) is 5.91 Å². The minimum atomic E-state index is -0.490. The van der Waals surface area contributed by atoms with Crippen LogP contribution in [0.4, 0.5) is 5.00 Å². The van der Waals surface area contributed by atoms with Crippen molar-refractivity contribution >= 4 is 34.2 Å². The number of anilines is 1. The van der Waals surface area contributed by atoms with Crippen molar-refractivity contribution in [3.05, 3.63) is 45.8 Å². The Morgan fingerprint density at radius 1 is 1.28 bits per heavy atom. The van der Waals surface area contributed by atoms with E-state index in [2.05, 4.69) is 19.2 Å². The second-order valence-electron chi connectivity index (χ2n) is 8.21. The summed E-state index contributed by atoms with van der Waals surface area (Å²) in [4.78, 5) is 25.8. The molecular formula is C25H32N2O4S. The number of carbonyl (C=O) groups is 2. The topological polar surface area (TPSA) is 90.6 Å². The van der Waals surface area contributed by atoms with E-state index in [4.69, 9.17) is 15.2 Å². The van der Waals surface area contributed by atoms with Gasteiger partial charge >= 0.3 is 0 Å². The number of hydrogen-bond acceptors (Lipinski definition) is 5. The zero-order valence-corrected chi connectivity index (χ0v) is 19.8. The van der Waals surface area contributed by atoms with E-state index in [0.717, 1.165) is 54.5 Å². The van der Waals surface area contributed by atoms with Gasteiger partial charge in [-0.3, -0.25) is 9.59 Å². The molecule has 0 spiro atoms. The fourth-order valence-corrected chi connectivity index (χ4v) is 5.29. The van der Waals surface area contributed by atoms with E-state index in [1.165, 1.54) is 17.4 Å². The van der Waals surface area contributed by atoms with Crippen LogP contribution in [0.15, 0.2) is 24.3 Å². The lowest BCUT2D eigenvalue weighted by Crippen LogP contribution is -2.18. The summed E-state index contributed by atoms with van der Waals surface area (Å²) in [6, 6.07) is 5.56. The number of nitrogens with one attached hydrogen (secondary N) is 1. The molecule has 0 fully saturated rings. The maximum absolute atomic E-state index is 12.6. The zero-order valence-electron chi connectivity index (χ0n) is 19.0. The molecule has 2 amide bonds. The first-order valence-corrected chi connectivity index (χ1v) is 12.0. The van der Waals surface area contributed by atoms with Crippen LogP contribution in [-0.4, -0.2) is 25.5 Å². The minimum Gasteiger partial charge on any atom is -0.493 e. The molecular weight excluding hydrogens is 424 g/mol. The van der Waals surface area contributed by atoms with Gasteiger partial charge in [0.05, 0.1) is 19.3 Å². The van der Waals surface area contributed by atoms with Gasteiger partial charge < -0.3 is 20.5 Å². The second-order valence-corrected chi connectivity index (χ2v) is 9.31. The number of thiophene rings is 1. The van der Waals surface area contributed by atoms with Gasteiger partial charge in [-0.05, 0) is 60.9 Å². The highest BCUT2D eigenvalue weighted by atomic mass is 32.1. The Morgan fingerprint density at radius 2 is 2.09 bits per heavy atom. The van der Waals surface area contributed by atoms with Crippen LogP contribution in [0, 0.1) is 5.92 Å². The fourth-order valence-electron chi connectivity index (χ4n) is 3.87. The Bertz CT molecular complexity index is 996. The highest BCUT2D eigenvalue weighted by Gasteiger charge is 2.26. The standard InChI is InChI=1S/C25H32N2O4S/c1-4-5-6-13-31-19-11-8-17(15-20(19)30-3)9-12-22(28)27-25-23(24(26)29)18-10-7-16(2)14-21(18)32-25/h8-9,11-12,15-16H,4-7,10,13-14H2,1-3H3,(H2,26,29)(H,27,28). The van der Waals surface area contributed by atoms with Gasteiger partial charge in [0.25, 0.3) is 5.91 Å². The highest BCUT2D eigenvalue weighted by Crippen LogP contribution is 2.39. The summed E-state index contributed by atoms with van der Waals surface area (Å²) < 4.78 is 11.2. The summed E-state index contributed by atoms with van der Waals surface area (Å²) >= 11 is 1.46. The maximum atomic E-state index is 12.6. The molecule has 1 aromatic heterocycles. The molecule has 0 bridgehead atoms. The third kappa shape index (κ3) is 5.91. The largest absolute Gasteiger partial charge is 0.493 e. The molecule has 1 unspecified atom stereocenters. The van der Waals surface area contributed by atoms with Crippen LogP contribution >= 0.6 is 11.3 Å². The Hall–Kier alpha value is -2.80. The summed E-state index contributed by atoms with van der Waals surface area (Å²) in [5, 5.41) is 3.39. The zero-order chi connectivity index (χ0) is 23.1. The molecule has 1 heterocycles. The van der Waals surface area contributed by atoms with Crippen molar-refractivity contribution in [2.75, 3.05) is 19.0 Å². The summed E-state index contributed by atoms with van der Waals surface area (Å²) in [5.41, 5.74) is 7.90. The van der Waals surface area contributed by atoms with E-state index in [9.17, 15) is 9.59 Å². The molecule has 3 N–H and O–H groups in total. The Morgan fingerprint density at radius 3 is 2.81 bits per heavy atom. The molecule has 0 radical (unpaired) electrons. The van der Waals surface area contributed by atoms with E-state index >= 15 is 0 Å². The first-order chi connectivity index (χ1) is 15.4. The average molecular weight is 457 g/mol. The van der Waals surface area contributed by atoms with Gasteiger partial charge in [-0.2, -0.15) is 0 Å². The number of hydrogen-bond donors (Lipinski definition) is 2. The van der Waals surface area contributed by atoms with Crippen molar-refractivity contribution in [1.82, 2.24) is 0 Å². The average Bonchev–Trinajstić information content (AvgIpc) is 3.12. The van der Waals surface area contributed by atoms with Gasteiger partial charge in [0.1, 0.15) is 5.00 Å². The number of primary amides is 1. The third-order valence-electron chi connectivity index (χ3n) is 5.62. The van der Waals surface area contributed by atoms with Gasteiger partial charge in [0.15, 0.2) is 11.5 Å². The lowest BCUT2D eigenvalue weighted by Gasteiger charge is -2.18. The fraction of sp³-hybridized carbons (Fsp3) is 0.440. The minimum absolute atomic E-state index is 0.307. The van der Waals surface area contributed by atoms with Crippen LogP contribution < -0.4 is 20.5 Å². The summed E-state index contributed by atoms with van der Waals surface area (Å²) in [6.45, 7) is 5.00. The number of ether oxygens (including phenoxy) is 2. The van der Waals surface area contributed by atoms with Crippen molar-refractivity contribution in [2.45, 2.75) is 52.4 Å². The highest BCUT2D eigenvalue weighted by molar-refractivity contribution is 7.17. The van der Waals surface area contributed by atoms with Crippen molar-refractivity contribution in [3.8, 4) is 11.5 Å². The van der Waals surface area contributed by atoms with Gasteiger partial charge in [-0.15, -0.1) is 11.3 Å². The lowest BCUT2D eigenvalue weighted by atomic mass is 9.88. The predicted octanol–water partition coefficient (Wildman–Crippen LogP) is 5.20. The number of rotatable bonds is 10.